The predicted molar refractivity (Wildman–Crippen MR) is 76.7 cm³/mol. The lowest BCUT2D eigenvalue weighted by Gasteiger charge is -2.46. The second-order valence-electron chi connectivity index (χ2n) is 6.68. The molecule has 0 amide bonds. The van der Waals surface area contributed by atoms with E-state index in [1.54, 1.807) is 0 Å². The fourth-order valence-electron chi connectivity index (χ4n) is 2.27. The van der Waals surface area contributed by atoms with E-state index in [2.05, 4.69) is 54.5 Å². The maximum Gasteiger partial charge on any atom is 0.167 e. The third kappa shape index (κ3) is 4.44. The molecule has 0 rings (SSSR count). The molecule has 0 heterocycles. The molecular formula is C14H29NOSi. The van der Waals surface area contributed by atoms with Crippen LogP contribution in [0.5, 0.6) is 0 Å². The summed E-state index contributed by atoms with van der Waals surface area (Å²) in [5.41, 5.74) is -0.189. The van der Waals surface area contributed by atoms with E-state index in [-0.39, 0.29) is 11.0 Å². The zero-order valence-corrected chi connectivity index (χ0v) is 14.1. The lowest BCUT2D eigenvalue weighted by Crippen LogP contribution is -2.46. The molecule has 100 valence electrons. The summed E-state index contributed by atoms with van der Waals surface area (Å²) in [4.78, 5) is 0. The van der Waals surface area contributed by atoms with Crippen LogP contribution in [0.25, 0.3) is 0 Å². The Morgan fingerprint density at radius 3 is 1.82 bits per heavy atom. The number of nitrogens with zero attached hydrogens (tertiary/aromatic N) is 1. The van der Waals surface area contributed by atoms with E-state index < -0.39 is 9.76 Å². The van der Waals surface area contributed by atoms with Gasteiger partial charge in [0.1, 0.15) is 0 Å². The molecule has 0 aromatic carbocycles. The van der Waals surface area contributed by atoms with Crippen molar-refractivity contribution in [3.63, 3.8) is 0 Å². The van der Waals surface area contributed by atoms with Crippen LogP contribution in [0, 0.1) is 16.7 Å². The Morgan fingerprint density at radius 1 is 1.06 bits per heavy atom. The highest BCUT2D eigenvalue weighted by atomic mass is 28.2. The van der Waals surface area contributed by atoms with Crippen LogP contribution in [0.2, 0.25) is 5.04 Å². The van der Waals surface area contributed by atoms with Gasteiger partial charge in [-0.15, -0.1) is 0 Å². The average molecular weight is 255 g/mol. The van der Waals surface area contributed by atoms with Gasteiger partial charge in [-0.2, -0.15) is 5.26 Å². The highest BCUT2D eigenvalue weighted by molar-refractivity contribution is 6.31. The summed E-state index contributed by atoms with van der Waals surface area (Å²) in [5, 5.41) is 9.36. The molecule has 0 fully saturated rings. The quantitative estimate of drug-likeness (QED) is 0.676. The van der Waals surface area contributed by atoms with Crippen LogP contribution in [0.15, 0.2) is 0 Å². The highest BCUT2D eigenvalue weighted by Crippen LogP contribution is 2.44. The normalized spacial score (nSPS) is 14.2. The minimum Gasteiger partial charge on any atom is -0.418 e. The summed E-state index contributed by atoms with van der Waals surface area (Å²) in [6.45, 7) is 15.4. The minimum absolute atomic E-state index is 0.000000000000000222. The molecule has 0 aromatic rings. The van der Waals surface area contributed by atoms with E-state index in [0.717, 1.165) is 12.8 Å². The molecule has 0 aliphatic heterocycles. The van der Waals surface area contributed by atoms with Crippen LogP contribution < -0.4 is 0 Å². The molecule has 0 unspecified atom stereocenters. The van der Waals surface area contributed by atoms with E-state index in [4.69, 9.17) is 9.69 Å². The summed E-state index contributed by atoms with van der Waals surface area (Å²) in [5.74, 6) is 0. The van der Waals surface area contributed by atoms with Crippen LogP contribution in [0.1, 0.15) is 67.7 Å². The Morgan fingerprint density at radius 2 is 1.53 bits per heavy atom. The summed E-state index contributed by atoms with van der Waals surface area (Å²) in [6, 6.07) is 2.35. The Hall–Kier alpha value is -0.333. The summed E-state index contributed by atoms with van der Waals surface area (Å²) in [6.07, 6.45) is 2.59. The minimum atomic E-state index is -0.579. The topological polar surface area (TPSA) is 33.0 Å². The zero-order valence-electron chi connectivity index (χ0n) is 12.7. The molecule has 0 aromatic heterocycles. The van der Waals surface area contributed by atoms with Crippen molar-refractivity contribution in [2.45, 2.75) is 78.4 Å². The predicted octanol–water partition coefficient (Wildman–Crippen LogP) is 3.80. The van der Waals surface area contributed by atoms with E-state index >= 15 is 0 Å². The maximum atomic E-state index is 9.06. The first-order valence-corrected chi connectivity index (χ1v) is 7.93. The van der Waals surface area contributed by atoms with E-state index in [0.29, 0.717) is 11.5 Å². The van der Waals surface area contributed by atoms with Gasteiger partial charge in [-0.1, -0.05) is 34.6 Å². The molecule has 0 radical (unpaired) electrons. The molecular weight excluding hydrogens is 226 g/mol. The van der Waals surface area contributed by atoms with Crippen LogP contribution in [-0.4, -0.2) is 15.4 Å². The first-order valence-electron chi connectivity index (χ1n) is 6.65. The Kier molecular flexibility index (Phi) is 5.90. The SMILES string of the molecule is CCC(CC)(CC#N)C(C)(C)O[SiH2]C(C)(C)C. The van der Waals surface area contributed by atoms with Crippen molar-refractivity contribution < 1.29 is 4.43 Å². The number of nitriles is 1. The second-order valence-corrected chi connectivity index (χ2v) is 9.38. The molecule has 0 saturated carbocycles. The van der Waals surface area contributed by atoms with Gasteiger partial charge < -0.3 is 4.43 Å². The summed E-state index contributed by atoms with van der Waals surface area (Å²) >= 11 is 0. The Labute approximate surface area is 110 Å². The molecule has 0 bridgehead atoms. The van der Waals surface area contributed by atoms with Gasteiger partial charge in [0.2, 0.25) is 0 Å². The van der Waals surface area contributed by atoms with Gasteiger partial charge in [-0.25, -0.2) is 0 Å². The van der Waals surface area contributed by atoms with Gasteiger partial charge in [0, 0.05) is 11.8 Å². The first-order chi connectivity index (χ1) is 7.64. The van der Waals surface area contributed by atoms with Gasteiger partial charge >= 0.3 is 0 Å². The monoisotopic (exact) mass is 255 g/mol. The van der Waals surface area contributed by atoms with Crippen molar-refractivity contribution in [3.8, 4) is 6.07 Å². The maximum absolute atomic E-state index is 9.06. The molecule has 0 aliphatic carbocycles. The molecule has 0 atom stereocenters. The molecule has 0 spiro atoms. The van der Waals surface area contributed by atoms with Crippen molar-refractivity contribution in [1.29, 1.82) is 5.26 Å². The molecule has 0 saturated heterocycles. The van der Waals surface area contributed by atoms with E-state index in [1.807, 2.05) is 0 Å². The third-order valence-electron chi connectivity index (χ3n) is 3.91. The van der Waals surface area contributed by atoms with Gasteiger partial charge in [-0.05, 0) is 31.7 Å². The summed E-state index contributed by atoms with van der Waals surface area (Å²) < 4.78 is 6.28. The van der Waals surface area contributed by atoms with Crippen LogP contribution in [0.3, 0.4) is 0 Å². The van der Waals surface area contributed by atoms with Gasteiger partial charge in [0.05, 0.1) is 11.7 Å². The van der Waals surface area contributed by atoms with Crippen LogP contribution in [-0.2, 0) is 4.43 Å². The first kappa shape index (κ1) is 16.7. The molecule has 17 heavy (non-hydrogen) atoms. The van der Waals surface area contributed by atoms with Crippen LogP contribution in [0.4, 0.5) is 0 Å². The van der Waals surface area contributed by atoms with E-state index in [1.165, 1.54) is 0 Å². The Bertz CT molecular complexity index is 269. The molecule has 3 heteroatoms. The van der Waals surface area contributed by atoms with Crippen molar-refractivity contribution >= 4 is 9.76 Å². The van der Waals surface area contributed by atoms with Crippen LogP contribution >= 0.6 is 0 Å². The summed E-state index contributed by atoms with van der Waals surface area (Å²) in [7, 11) is -0.579. The number of rotatable bonds is 6. The van der Waals surface area contributed by atoms with Gasteiger partial charge in [0.15, 0.2) is 9.76 Å². The zero-order chi connectivity index (χ0) is 13.7. The fraction of sp³-hybridized carbons (Fsp3) is 0.929. The number of hydrogen-bond donors (Lipinski definition) is 0. The van der Waals surface area contributed by atoms with Crippen molar-refractivity contribution in [2.75, 3.05) is 0 Å². The molecule has 2 nitrogen and oxygen atoms in total. The van der Waals surface area contributed by atoms with Gasteiger partial charge in [-0.3, -0.25) is 0 Å². The molecule has 0 N–H and O–H groups in total. The average Bonchev–Trinajstić information content (AvgIpc) is 2.22. The van der Waals surface area contributed by atoms with E-state index in [9.17, 15) is 0 Å². The Balaban J connectivity index is 4.90. The van der Waals surface area contributed by atoms with Gasteiger partial charge in [0.25, 0.3) is 0 Å². The fourth-order valence-corrected chi connectivity index (χ4v) is 3.37. The molecule has 0 aliphatic rings. The number of hydrogen-bond acceptors (Lipinski definition) is 2. The largest absolute Gasteiger partial charge is 0.418 e. The standard InChI is InChI=1S/C14H29NOSi/c1-8-14(9-2,10-11-15)13(6,7)16-17-12(3,4)5/h8-10,17H2,1-7H3. The highest BCUT2D eigenvalue weighted by Gasteiger charge is 2.43. The third-order valence-corrected chi connectivity index (χ3v) is 5.65. The lowest BCUT2D eigenvalue weighted by molar-refractivity contribution is -0.0377. The lowest BCUT2D eigenvalue weighted by atomic mass is 9.68. The van der Waals surface area contributed by atoms with Crippen molar-refractivity contribution in [1.82, 2.24) is 0 Å². The smallest absolute Gasteiger partial charge is 0.167 e. The van der Waals surface area contributed by atoms with Crippen molar-refractivity contribution in [3.05, 3.63) is 0 Å². The van der Waals surface area contributed by atoms with Crippen molar-refractivity contribution in [2.24, 2.45) is 5.41 Å². The second kappa shape index (κ2) is 6.02.